The van der Waals surface area contributed by atoms with Gasteiger partial charge < -0.3 is 9.80 Å². The molecule has 0 aromatic carbocycles. The van der Waals surface area contributed by atoms with Crippen LogP contribution in [0.2, 0.25) is 0 Å². The van der Waals surface area contributed by atoms with Gasteiger partial charge in [-0.3, -0.25) is 14.6 Å². The van der Waals surface area contributed by atoms with E-state index in [0.29, 0.717) is 38.9 Å². The normalized spacial score (nSPS) is 17.1. The fourth-order valence-corrected chi connectivity index (χ4v) is 4.47. The average molecular weight is 435 g/mol. The van der Waals surface area contributed by atoms with E-state index in [9.17, 15) is 9.59 Å². The van der Waals surface area contributed by atoms with Gasteiger partial charge in [0.1, 0.15) is 0 Å². The summed E-state index contributed by atoms with van der Waals surface area (Å²) < 4.78 is 1.85. The number of amides is 2. The first kappa shape index (κ1) is 21.9. The van der Waals surface area contributed by atoms with Gasteiger partial charge in [-0.1, -0.05) is 6.07 Å². The number of carbonyl (C=O) groups is 2. The van der Waals surface area contributed by atoms with Crippen molar-refractivity contribution in [3.8, 4) is 0 Å². The molecule has 3 aromatic rings. The maximum atomic E-state index is 13.2. The molecule has 2 amide bonds. The molecule has 0 aliphatic carbocycles. The molecule has 1 saturated heterocycles. The van der Waals surface area contributed by atoms with Crippen LogP contribution in [0.25, 0.3) is 5.65 Å². The van der Waals surface area contributed by atoms with Crippen molar-refractivity contribution in [2.45, 2.75) is 40.0 Å². The van der Waals surface area contributed by atoms with Crippen molar-refractivity contribution in [2.75, 3.05) is 26.7 Å². The minimum absolute atomic E-state index is 0.0645. The van der Waals surface area contributed by atoms with Crippen molar-refractivity contribution in [2.24, 2.45) is 5.92 Å². The molecular weight excluding hydrogens is 404 g/mol. The van der Waals surface area contributed by atoms with E-state index in [2.05, 4.69) is 15.1 Å². The molecule has 1 aliphatic rings. The van der Waals surface area contributed by atoms with Crippen molar-refractivity contribution in [3.05, 3.63) is 58.8 Å². The van der Waals surface area contributed by atoms with E-state index in [1.54, 1.807) is 18.1 Å². The SMILES string of the molecule is Cc1cc2nc(C)c(CCC(=O)N3CCN(C)C(=O)[C@@H](Cc4ccccn4)C3)c(C)n2n1. The number of hydrogen-bond donors (Lipinski definition) is 0. The minimum atomic E-state index is -0.283. The molecule has 0 spiro atoms. The minimum Gasteiger partial charge on any atom is -0.344 e. The summed E-state index contributed by atoms with van der Waals surface area (Å²) in [4.78, 5) is 38.6. The summed E-state index contributed by atoms with van der Waals surface area (Å²) in [6.07, 6.45) is 3.25. The van der Waals surface area contributed by atoms with E-state index in [4.69, 9.17) is 0 Å². The van der Waals surface area contributed by atoms with Gasteiger partial charge in [0.05, 0.1) is 11.6 Å². The highest BCUT2D eigenvalue weighted by atomic mass is 16.2. The molecule has 3 aromatic heterocycles. The van der Waals surface area contributed by atoms with Gasteiger partial charge in [0, 0.05) is 68.9 Å². The Hall–Kier alpha value is -3.29. The molecule has 0 bridgehead atoms. The highest BCUT2D eigenvalue weighted by Crippen LogP contribution is 2.19. The van der Waals surface area contributed by atoms with Crippen LogP contribution in [0.5, 0.6) is 0 Å². The lowest BCUT2D eigenvalue weighted by Crippen LogP contribution is -2.37. The number of carbonyl (C=O) groups excluding carboxylic acids is 2. The second kappa shape index (κ2) is 9.06. The highest BCUT2D eigenvalue weighted by Gasteiger charge is 2.31. The van der Waals surface area contributed by atoms with Crippen LogP contribution in [-0.4, -0.2) is 67.9 Å². The third-order valence-corrected chi connectivity index (χ3v) is 6.28. The molecule has 4 rings (SSSR count). The lowest BCUT2D eigenvalue weighted by molar-refractivity contribution is -0.134. The zero-order chi connectivity index (χ0) is 22.8. The molecule has 0 unspecified atom stereocenters. The number of aryl methyl sites for hydroxylation is 3. The summed E-state index contributed by atoms with van der Waals surface area (Å²) in [5.74, 6) is -0.147. The topological polar surface area (TPSA) is 83.7 Å². The molecule has 1 fully saturated rings. The van der Waals surface area contributed by atoms with E-state index < -0.39 is 0 Å². The molecule has 168 valence electrons. The number of fused-ring (bicyclic) bond motifs is 1. The number of nitrogens with zero attached hydrogens (tertiary/aromatic N) is 6. The molecule has 8 heteroatoms. The summed E-state index contributed by atoms with van der Waals surface area (Å²) in [7, 11) is 1.81. The Morgan fingerprint density at radius 3 is 2.75 bits per heavy atom. The van der Waals surface area contributed by atoms with E-state index in [0.717, 1.165) is 34.0 Å². The van der Waals surface area contributed by atoms with Crippen molar-refractivity contribution in [1.82, 2.24) is 29.4 Å². The van der Waals surface area contributed by atoms with Crippen LogP contribution in [-0.2, 0) is 22.4 Å². The molecular formula is C24H30N6O2. The molecule has 8 nitrogen and oxygen atoms in total. The van der Waals surface area contributed by atoms with Gasteiger partial charge in [-0.05, 0) is 44.9 Å². The molecule has 32 heavy (non-hydrogen) atoms. The third kappa shape index (κ3) is 4.49. The Morgan fingerprint density at radius 2 is 2.00 bits per heavy atom. The maximum absolute atomic E-state index is 13.2. The van der Waals surface area contributed by atoms with Crippen LogP contribution < -0.4 is 0 Å². The summed E-state index contributed by atoms with van der Waals surface area (Å²) >= 11 is 0. The summed E-state index contributed by atoms with van der Waals surface area (Å²) in [5, 5.41) is 4.52. The number of aromatic nitrogens is 4. The van der Waals surface area contributed by atoms with Crippen molar-refractivity contribution in [1.29, 1.82) is 0 Å². The summed E-state index contributed by atoms with van der Waals surface area (Å²) in [6, 6.07) is 7.67. The lowest BCUT2D eigenvalue weighted by atomic mass is 10.0. The lowest BCUT2D eigenvalue weighted by Gasteiger charge is -2.23. The zero-order valence-corrected chi connectivity index (χ0v) is 19.2. The molecule has 0 saturated carbocycles. The van der Waals surface area contributed by atoms with Gasteiger partial charge in [-0.15, -0.1) is 0 Å². The first-order valence-corrected chi connectivity index (χ1v) is 11.1. The van der Waals surface area contributed by atoms with Gasteiger partial charge in [-0.2, -0.15) is 5.10 Å². The summed E-state index contributed by atoms with van der Waals surface area (Å²) in [6.45, 7) is 7.47. The number of rotatable bonds is 5. The summed E-state index contributed by atoms with van der Waals surface area (Å²) in [5.41, 5.74) is 5.63. The predicted molar refractivity (Wildman–Crippen MR) is 121 cm³/mol. The molecule has 0 radical (unpaired) electrons. The van der Waals surface area contributed by atoms with Crippen LogP contribution in [0.15, 0.2) is 30.5 Å². The predicted octanol–water partition coefficient (Wildman–Crippen LogP) is 2.14. The van der Waals surface area contributed by atoms with Gasteiger partial charge in [0.2, 0.25) is 11.8 Å². The first-order valence-electron chi connectivity index (χ1n) is 11.1. The quantitative estimate of drug-likeness (QED) is 0.614. The number of hydrogen-bond acceptors (Lipinski definition) is 5. The maximum Gasteiger partial charge on any atom is 0.227 e. The van der Waals surface area contributed by atoms with Crippen LogP contribution in [0.1, 0.15) is 34.8 Å². The van der Waals surface area contributed by atoms with Gasteiger partial charge in [-0.25, -0.2) is 9.50 Å². The largest absolute Gasteiger partial charge is 0.344 e. The van der Waals surface area contributed by atoms with Crippen LogP contribution in [0.4, 0.5) is 0 Å². The fraction of sp³-hybridized carbons (Fsp3) is 0.458. The highest BCUT2D eigenvalue weighted by molar-refractivity contribution is 5.82. The van der Waals surface area contributed by atoms with Crippen molar-refractivity contribution in [3.63, 3.8) is 0 Å². The monoisotopic (exact) mass is 434 g/mol. The number of pyridine rings is 1. The molecule has 1 aliphatic heterocycles. The Balaban J connectivity index is 1.47. The average Bonchev–Trinajstić information content (AvgIpc) is 3.09. The Morgan fingerprint density at radius 1 is 1.19 bits per heavy atom. The van der Waals surface area contributed by atoms with Crippen LogP contribution >= 0.6 is 0 Å². The molecule has 0 N–H and O–H groups in total. The van der Waals surface area contributed by atoms with Crippen LogP contribution in [0.3, 0.4) is 0 Å². The zero-order valence-electron chi connectivity index (χ0n) is 19.2. The van der Waals surface area contributed by atoms with Gasteiger partial charge in [0.15, 0.2) is 5.65 Å². The Kier molecular flexibility index (Phi) is 6.21. The first-order chi connectivity index (χ1) is 15.3. The standard InChI is InChI=1S/C24H30N6O2/c1-16-13-22-26-17(2)21(18(3)30(22)27-16)8-9-23(31)29-12-11-28(4)24(32)19(15-29)14-20-7-5-6-10-25-20/h5-7,10,13,19H,8-9,11-12,14-15H2,1-4H3/t19-/m0/s1. The van der Waals surface area contributed by atoms with E-state index in [1.807, 2.05) is 54.5 Å². The van der Waals surface area contributed by atoms with Crippen LogP contribution in [0, 0.1) is 26.7 Å². The third-order valence-electron chi connectivity index (χ3n) is 6.28. The Bertz CT molecular complexity index is 1140. The van der Waals surface area contributed by atoms with E-state index >= 15 is 0 Å². The Labute approximate surface area is 188 Å². The fourth-order valence-electron chi connectivity index (χ4n) is 4.47. The van der Waals surface area contributed by atoms with Gasteiger partial charge in [0.25, 0.3) is 0 Å². The van der Waals surface area contributed by atoms with Crippen molar-refractivity contribution < 1.29 is 9.59 Å². The van der Waals surface area contributed by atoms with E-state index in [-0.39, 0.29) is 17.7 Å². The smallest absolute Gasteiger partial charge is 0.227 e. The molecule has 4 heterocycles. The number of likely N-dealkylation sites (N-methyl/N-ethyl adjacent to an activating group) is 1. The van der Waals surface area contributed by atoms with Gasteiger partial charge >= 0.3 is 0 Å². The van der Waals surface area contributed by atoms with E-state index in [1.165, 1.54) is 0 Å². The van der Waals surface area contributed by atoms with Crippen molar-refractivity contribution >= 4 is 17.5 Å². The second-order valence-electron chi connectivity index (χ2n) is 8.64. The second-order valence-corrected chi connectivity index (χ2v) is 8.64. The molecule has 1 atom stereocenters.